The summed E-state index contributed by atoms with van der Waals surface area (Å²) in [6, 6.07) is 0. The van der Waals surface area contributed by atoms with Crippen LogP contribution in [0.5, 0.6) is 0 Å². The van der Waals surface area contributed by atoms with Gasteiger partial charge in [-0.3, -0.25) is 4.79 Å². The van der Waals surface area contributed by atoms with E-state index in [2.05, 4.69) is 10.3 Å². The minimum absolute atomic E-state index is 0.00144. The first kappa shape index (κ1) is 13.7. The zero-order valence-electron chi connectivity index (χ0n) is 10.2. The molecule has 0 spiro atoms. The summed E-state index contributed by atoms with van der Waals surface area (Å²) >= 11 is 6.49. The molecule has 0 radical (unpaired) electrons. The molecule has 1 fully saturated rings. The fraction of sp³-hybridized carbons (Fsp3) is 0.636. The molecule has 1 saturated heterocycles. The van der Waals surface area contributed by atoms with Crippen LogP contribution in [-0.2, 0) is 20.7 Å². The van der Waals surface area contributed by atoms with Gasteiger partial charge in [0, 0.05) is 17.1 Å². The third-order valence-electron chi connectivity index (χ3n) is 2.74. The number of rotatable bonds is 4. The third-order valence-corrected chi connectivity index (χ3v) is 4.08. The molecule has 2 N–H and O–H groups in total. The molecule has 1 atom stereocenters. The second-order valence-corrected chi connectivity index (χ2v) is 5.92. The minimum Gasteiger partial charge on any atom is -0.355 e. The van der Waals surface area contributed by atoms with E-state index in [1.807, 2.05) is 6.92 Å². The lowest BCUT2D eigenvalue weighted by Gasteiger charge is -2.22. The van der Waals surface area contributed by atoms with Crippen LogP contribution < -0.4 is 5.32 Å². The molecule has 1 aromatic heterocycles. The lowest BCUT2D eigenvalue weighted by Crippen LogP contribution is -2.37. The number of carbonyl (C=O) groups excluding carboxylic acids is 1. The fourth-order valence-electron chi connectivity index (χ4n) is 1.70. The van der Waals surface area contributed by atoms with Crippen LogP contribution in [0, 0.1) is 10.9 Å². The van der Waals surface area contributed by atoms with E-state index >= 15 is 0 Å². The summed E-state index contributed by atoms with van der Waals surface area (Å²) in [6.07, 6.45) is 1.25. The van der Waals surface area contributed by atoms with E-state index in [1.165, 1.54) is 11.3 Å². The smallest absolute Gasteiger partial charge is 0.225 e. The van der Waals surface area contributed by atoms with Gasteiger partial charge in [0.2, 0.25) is 5.91 Å². The van der Waals surface area contributed by atoms with Crippen LogP contribution in [0.3, 0.4) is 0 Å². The van der Waals surface area contributed by atoms with Crippen molar-refractivity contribution in [1.82, 2.24) is 10.3 Å². The zero-order valence-corrected chi connectivity index (χ0v) is 11.8. The quantitative estimate of drug-likeness (QED) is 0.825. The first-order valence-electron chi connectivity index (χ1n) is 5.80. The van der Waals surface area contributed by atoms with Crippen LogP contribution in [0.2, 0.25) is 0 Å². The average molecular weight is 288 g/mol. The number of nitrogens with one attached hydrogen (secondary N) is 2. The largest absolute Gasteiger partial charge is 0.355 e. The molecule has 0 bridgehead atoms. The molecular formula is C11H16N2O3S2. The van der Waals surface area contributed by atoms with Crippen LogP contribution in [-0.4, -0.2) is 36.9 Å². The third kappa shape index (κ3) is 3.88. The van der Waals surface area contributed by atoms with E-state index in [0.717, 1.165) is 17.0 Å². The van der Waals surface area contributed by atoms with Crippen molar-refractivity contribution in [3.63, 3.8) is 0 Å². The molecule has 1 aliphatic heterocycles. The van der Waals surface area contributed by atoms with Crippen LogP contribution in [0.25, 0.3) is 0 Å². The van der Waals surface area contributed by atoms with Gasteiger partial charge in [-0.25, -0.2) is 0 Å². The first-order chi connectivity index (χ1) is 8.65. The molecule has 0 unspecified atom stereocenters. The maximum atomic E-state index is 11.8. The number of ether oxygens (including phenoxy) is 2. The van der Waals surface area contributed by atoms with Gasteiger partial charge in [-0.05, 0) is 25.6 Å². The molecule has 1 aliphatic rings. The Morgan fingerprint density at radius 3 is 3.11 bits per heavy atom. The highest BCUT2D eigenvalue weighted by Crippen LogP contribution is 2.15. The molecule has 1 aromatic rings. The Morgan fingerprint density at radius 2 is 2.50 bits per heavy atom. The maximum Gasteiger partial charge on any atom is 0.225 e. The van der Waals surface area contributed by atoms with Gasteiger partial charge in [-0.1, -0.05) is 0 Å². The number of hydrogen-bond acceptors (Lipinski definition) is 5. The Labute approximate surface area is 115 Å². The predicted molar refractivity (Wildman–Crippen MR) is 71.3 cm³/mol. The van der Waals surface area contributed by atoms with Crippen molar-refractivity contribution >= 4 is 29.5 Å². The summed E-state index contributed by atoms with van der Waals surface area (Å²) in [4.78, 5) is 15.8. The number of H-pyrrole nitrogens is 1. The fourth-order valence-corrected chi connectivity index (χ4v) is 2.99. The van der Waals surface area contributed by atoms with Crippen LogP contribution >= 0.6 is 23.6 Å². The van der Waals surface area contributed by atoms with Crippen molar-refractivity contribution in [2.75, 3.05) is 19.9 Å². The molecule has 7 heteroatoms. The molecular weight excluding hydrogens is 272 g/mol. The Morgan fingerprint density at radius 1 is 1.67 bits per heavy atom. The molecule has 100 valence electrons. The summed E-state index contributed by atoms with van der Waals surface area (Å²) in [5, 5.41) is 2.88. The number of amides is 1. The van der Waals surface area contributed by atoms with E-state index in [1.54, 1.807) is 0 Å². The zero-order chi connectivity index (χ0) is 13.0. The van der Waals surface area contributed by atoms with Crippen molar-refractivity contribution in [2.45, 2.75) is 25.9 Å². The van der Waals surface area contributed by atoms with Gasteiger partial charge in [0.25, 0.3) is 0 Å². The normalized spacial score (nSPS) is 19.7. The molecule has 5 nitrogen and oxygen atoms in total. The van der Waals surface area contributed by atoms with E-state index in [9.17, 15) is 4.79 Å². The van der Waals surface area contributed by atoms with E-state index in [0.29, 0.717) is 30.3 Å². The first-order valence-corrected chi connectivity index (χ1v) is 7.02. The van der Waals surface area contributed by atoms with Crippen LogP contribution in [0.4, 0.5) is 0 Å². The highest BCUT2D eigenvalue weighted by Gasteiger charge is 2.15. The average Bonchev–Trinajstić information content (AvgIpc) is 2.67. The Kier molecular flexibility index (Phi) is 4.87. The molecule has 0 aliphatic carbocycles. The van der Waals surface area contributed by atoms with Crippen molar-refractivity contribution in [3.8, 4) is 0 Å². The number of carbonyl (C=O) groups is 1. The van der Waals surface area contributed by atoms with Crippen LogP contribution in [0.1, 0.15) is 17.0 Å². The van der Waals surface area contributed by atoms with Crippen molar-refractivity contribution in [1.29, 1.82) is 0 Å². The molecule has 0 saturated carbocycles. The molecule has 1 amide bonds. The number of thiazole rings is 1. The van der Waals surface area contributed by atoms with Gasteiger partial charge in [0.1, 0.15) is 6.79 Å². The summed E-state index contributed by atoms with van der Waals surface area (Å²) in [5.74, 6) is -0.00144. The second kappa shape index (κ2) is 6.42. The number of aromatic amines is 1. The Balaban J connectivity index is 1.78. The maximum absolute atomic E-state index is 11.8. The van der Waals surface area contributed by atoms with E-state index in [4.69, 9.17) is 21.7 Å². The van der Waals surface area contributed by atoms with E-state index in [-0.39, 0.29) is 12.0 Å². The molecule has 18 heavy (non-hydrogen) atoms. The lowest BCUT2D eigenvalue weighted by molar-refractivity contribution is -0.140. The second-order valence-electron chi connectivity index (χ2n) is 4.15. The van der Waals surface area contributed by atoms with Gasteiger partial charge in [0.15, 0.2) is 3.95 Å². The minimum atomic E-state index is -0.00144. The molecule has 2 rings (SSSR count). The number of aromatic nitrogens is 1. The van der Waals surface area contributed by atoms with Crippen LogP contribution in [0.15, 0.2) is 0 Å². The van der Waals surface area contributed by atoms with Gasteiger partial charge >= 0.3 is 0 Å². The highest BCUT2D eigenvalue weighted by molar-refractivity contribution is 7.73. The lowest BCUT2D eigenvalue weighted by atomic mass is 10.2. The summed E-state index contributed by atoms with van der Waals surface area (Å²) in [6.45, 7) is 3.48. The van der Waals surface area contributed by atoms with E-state index < -0.39 is 0 Å². The number of hydrogen-bond donors (Lipinski definition) is 2. The highest BCUT2D eigenvalue weighted by atomic mass is 32.1. The number of aryl methyl sites for hydroxylation is 1. The summed E-state index contributed by atoms with van der Waals surface area (Å²) in [7, 11) is 0. The van der Waals surface area contributed by atoms with Gasteiger partial charge < -0.3 is 19.8 Å². The topological polar surface area (TPSA) is 63.4 Å². The van der Waals surface area contributed by atoms with Crippen molar-refractivity contribution < 1.29 is 14.3 Å². The molecule has 0 aromatic carbocycles. The Bertz CT molecular complexity index is 463. The van der Waals surface area contributed by atoms with Gasteiger partial charge in [0.05, 0.1) is 19.1 Å². The standard InChI is InChI=1S/C11H16N2O3S2/c1-7-9(18-11(17)13-7)4-10(14)12-5-8-2-3-15-6-16-8/h8H,2-6H2,1H3,(H,12,14)(H,13,17)/t8-/m1/s1. The monoisotopic (exact) mass is 288 g/mol. The Hall–Kier alpha value is -0.760. The predicted octanol–water partition coefficient (Wildman–Crippen LogP) is 1.54. The summed E-state index contributed by atoms with van der Waals surface area (Å²) in [5.41, 5.74) is 0.975. The van der Waals surface area contributed by atoms with Crippen molar-refractivity contribution in [2.24, 2.45) is 0 Å². The van der Waals surface area contributed by atoms with Gasteiger partial charge in [-0.15, -0.1) is 11.3 Å². The van der Waals surface area contributed by atoms with Crippen molar-refractivity contribution in [3.05, 3.63) is 14.5 Å². The SMILES string of the molecule is Cc1[nH]c(=S)sc1CC(=O)NC[C@H]1CCOCO1. The van der Waals surface area contributed by atoms with Gasteiger partial charge in [-0.2, -0.15) is 0 Å². The summed E-state index contributed by atoms with van der Waals surface area (Å²) < 4.78 is 11.1. The molecule has 2 heterocycles.